The molecule has 0 saturated carbocycles. The number of halogens is 1. The van der Waals surface area contributed by atoms with Gasteiger partial charge >= 0.3 is 5.97 Å². The molecule has 1 N–H and O–H groups in total. The third-order valence-electron chi connectivity index (χ3n) is 6.38. The van der Waals surface area contributed by atoms with Gasteiger partial charge in [0.1, 0.15) is 0 Å². The topological polar surface area (TPSA) is 73.9 Å². The molecule has 6 nitrogen and oxygen atoms in total. The Morgan fingerprint density at radius 2 is 1.82 bits per heavy atom. The van der Waals surface area contributed by atoms with Crippen molar-refractivity contribution in [2.24, 2.45) is 0 Å². The normalized spacial score (nSPS) is 20.0. The Morgan fingerprint density at radius 1 is 1.06 bits per heavy atom. The molecule has 7 heteroatoms. The lowest BCUT2D eigenvalue weighted by Gasteiger charge is -2.36. The number of esters is 1. The Kier molecular flexibility index (Phi) is 7.12. The largest absolute Gasteiger partial charge is 0.493 e. The van der Waals surface area contributed by atoms with E-state index < -0.39 is 11.9 Å². The number of rotatable bonds is 6. The maximum absolute atomic E-state index is 13.7. The Hall–Kier alpha value is -3.06. The first-order valence-electron chi connectivity index (χ1n) is 11.3. The summed E-state index contributed by atoms with van der Waals surface area (Å²) in [5, 5.41) is 3.37. The van der Waals surface area contributed by atoms with E-state index >= 15 is 0 Å². The number of dihydropyridines is 1. The van der Waals surface area contributed by atoms with E-state index in [1.54, 1.807) is 21.1 Å². The average Bonchev–Trinajstić information content (AvgIpc) is 2.82. The highest BCUT2D eigenvalue weighted by atomic mass is 79.9. The van der Waals surface area contributed by atoms with Gasteiger partial charge in [0, 0.05) is 33.8 Å². The van der Waals surface area contributed by atoms with Crippen molar-refractivity contribution in [2.45, 2.75) is 38.5 Å². The van der Waals surface area contributed by atoms with Crippen LogP contribution in [0.15, 0.2) is 69.5 Å². The van der Waals surface area contributed by atoms with Crippen molar-refractivity contribution in [1.29, 1.82) is 0 Å². The van der Waals surface area contributed by atoms with Gasteiger partial charge < -0.3 is 19.5 Å². The molecule has 0 unspecified atom stereocenters. The first-order valence-corrected chi connectivity index (χ1v) is 12.1. The van der Waals surface area contributed by atoms with Crippen LogP contribution in [0.3, 0.4) is 0 Å². The van der Waals surface area contributed by atoms with Crippen LogP contribution in [-0.2, 0) is 14.3 Å². The van der Waals surface area contributed by atoms with Crippen LogP contribution in [0.5, 0.6) is 11.5 Å². The zero-order valence-electron chi connectivity index (χ0n) is 19.7. The van der Waals surface area contributed by atoms with Gasteiger partial charge in [-0.3, -0.25) is 4.79 Å². The molecule has 2 atom stereocenters. The van der Waals surface area contributed by atoms with Crippen LogP contribution in [0.4, 0.5) is 0 Å². The Labute approximate surface area is 208 Å². The summed E-state index contributed by atoms with van der Waals surface area (Å²) >= 11 is 3.53. The maximum atomic E-state index is 13.7. The molecule has 34 heavy (non-hydrogen) atoms. The molecule has 1 heterocycles. The summed E-state index contributed by atoms with van der Waals surface area (Å²) in [6.07, 6.45) is 0.990. The zero-order valence-corrected chi connectivity index (χ0v) is 21.3. The van der Waals surface area contributed by atoms with E-state index in [-0.39, 0.29) is 18.3 Å². The second kappa shape index (κ2) is 10.1. The van der Waals surface area contributed by atoms with Crippen molar-refractivity contribution in [3.8, 4) is 11.5 Å². The number of hydrogen-bond donors (Lipinski definition) is 1. The number of methoxy groups -OCH3 is 2. The molecule has 1 aliphatic heterocycles. The first kappa shape index (κ1) is 24.1. The minimum atomic E-state index is -0.480. The summed E-state index contributed by atoms with van der Waals surface area (Å²) in [5.74, 6) is 0.408. The monoisotopic (exact) mass is 525 g/mol. The first-order chi connectivity index (χ1) is 16.4. The van der Waals surface area contributed by atoms with Crippen molar-refractivity contribution in [3.05, 3.63) is 80.6 Å². The molecule has 0 spiro atoms. The highest BCUT2D eigenvalue weighted by Gasteiger charge is 2.41. The van der Waals surface area contributed by atoms with E-state index in [0.717, 1.165) is 21.3 Å². The molecular weight excluding hydrogens is 498 g/mol. The van der Waals surface area contributed by atoms with Crippen LogP contribution in [-0.4, -0.2) is 32.6 Å². The average molecular weight is 526 g/mol. The Morgan fingerprint density at radius 3 is 2.50 bits per heavy atom. The lowest BCUT2D eigenvalue weighted by Crippen LogP contribution is -2.36. The number of ether oxygens (including phenoxy) is 3. The summed E-state index contributed by atoms with van der Waals surface area (Å²) in [7, 11) is 3.20. The van der Waals surface area contributed by atoms with Gasteiger partial charge in [-0.15, -0.1) is 0 Å². The number of allylic oxidation sites excluding steroid dienone is 3. The van der Waals surface area contributed by atoms with Crippen LogP contribution in [0.1, 0.15) is 49.7 Å². The van der Waals surface area contributed by atoms with E-state index in [0.29, 0.717) is 41.2 Å². The molecule has 2 aliphatic rings. The molecule has 2 aromatic carbocycles. The quantitative estimate of drug-likeness (QED) is 0.509. The van der Waals surface area contributed by atoms with Gasteiger partial charge in [-0.1, -0.05) is 34.1 Å². The Bertz CT molecular complexity index is 1200. The Balaban J connectivity index is 1.78. The van der Waals surface area contributed by atoms with Gasteiger partial charge in [-0.25, -0.2) is 4.79 Å². The predicted molar refractivity (Wildman–Crippen MR) is 133 cm³/mol. The van der Waals surface area contributed by atoms with Crippen molar-refractivity contribution in [3.63, 3.8) is 0 Å². The third-order valence-corrected chi connectivity index (χ3v) is 6.88. The fourth-order valence-corrected chi connectivity index (χ4v) is 5.30. The van der Waals surface area contributed by atoms with Crippen LogP contribution in [0.2, 0.25) is 0 Å². The number of carbonyl (C=O) groups is 2. The summed E-state index contributed by atoms with van der Waals surface area (Å²) in [6, 6.07) is 13.5. The van der Waals surface area contributed by atoms with Crippen molar-refractivity contribution in [1.82, 2.24) is 5.32 Å². The zero-order chi connectivity index (χ0) is 24.4. The molecule has 0 fully saturated rings. The van der Waals surface area contributed by atoms with E-state index in [9.17, 15) is 9.59 Å². The summed E-state index contributed by atoms with van der Waals surface area (Å²) in [6.45, 7) is 3.91. The fourth-order valence-electron chi connectivity index (χ4n) is 4.88. The second-order valence-corrected chi connectivity index (χ2v) is 9.32. The van der Waals surface area contributed by atoms with E-state index in [1.165, 1.54) is 0 Å². The van der Waals surface area contributed by atoms with Crippen LogP contribution in [0.25, 0.3) is 0 Å². The third kappa shape index (κ3) is 4.49. The van der Waals surface area contributed by atoms with Gasteiger partial charge in [0.05, 0.1) is 26.4 Å². The summed E-state index contributed by atoms with van der Waals surface area (Å²) in [5.41, 5.74) is 4.58. The molecule has 0 bridgehead atoms. The van der Waals surface area contributed by atoms with Crippen LogP contribution < -0.4 is 14.8 Å². The van der Waals surface area contributed by atoms with Gasteiger partial charge in [-0.05, 0) is 61.6 Å². The van der Waals surface area contributed by atoms with Crippen molar-refractivity contribution < 1.29 is 23.8 Å². The summed E-state index contributed by atoms with van der Waals surface area (Å²) < 4.78 is 17.1. The van der Waals surface area contributed by atoms with Crippen LogP contribution in [0, 0.1) is 0 Å². The molecule has 1 aliphatic carbocycles. The molecule has 178 valence electrons. The molecule has 0 aromatic heterocycles. The molecule has 0 amide bonds. The molecular formula is C27H28BrNO5. The molecule has 0 saturated heterocycles. The minimum Gasteiger partial charge on any atom is -0.493 e. The number of nitrogens with one attached hydrogen (secondary N) is 1. The lowest BCUT2D eigenvalue weighted by atomic mass is 9.71. The smallest absolute Gasteiger partial charge is 0.336 e. The van der Waals surface area contributed by atoms with Crippen molar-refractivity contribution in [2.75, 3.05) is 20.8 Å². The number of Topliss-reactive ketones (excluding diaryl/α,β-unsaturated/α-hetero) is 1. The number of benzene rings is 2. The van der Waals surface area contributed by atoms with Gasteiger partial charge in [0.2, 0.25) is 0 Å². The maximum Gasteiger partial charge on any atom is 0.336 e. The fraction of sp³-hybridized carbons (Fsp3) is 0.333. The van der Waals surface area contributed by atoms with E-state index in [1.807, 2.05) is 49.4 Å². The van der Waals surface area contributed by atoms with Crippen LogP contribution >= 0.6 is 15.9 Å². The van der Waals surface area contributed by atoms with Gasteiger partial charge in [0.15, 0.2) is 17.3 Å². The summed E-state index contributed by atoms with van der Waals surface area (Å²) in [4.78, 5) is 26.6. The molecule has 0 radical (unpaired) electrons. The lowest BCUT2D eigenvalue weighted by molar-refractivity contribution is -0.138. The SMILES string of the molecule is CCOC(=O)C1=C(C)NC2=C(C(=O)C[C@H](c3ccc(OC)c(OC)c3)C2)[C@@H]1c1cccc(Br)c1. The second-order valence-electron chi connectivity index (χ2n) is 8.41. The number of ketones is 1. The van der Waals surface area contributed by atoms with E-state index in [4.69, 9.17) is 14.2 Å². The molecule has 2 aromatic rings. The highest BCUT2D eigenvalue weighted by Crippen LogP contribution is 2.46. The molecule has 4 rings (SSSR count). The van der Waals surface area contributed by atoms with Crippen molar-refractivity contribution >= 4 is 27.7 Å². The number of carbonyl (C=O) groups excluding carboxylic acids is 2. The van der Waals surface area contributed by atoms with E-state index in [2.05, 4.69) is 21.2 Å². The highest BCUT2D eigenvalue weighted by molar-refractivity contribution is 9.10. The minimum absolute atomic E-state index is 0.0151. The predicted octanol–water partition coefficient (Wildman–Crippen LogP) is 5.39. The van der Waals surface area contributed by atoms with Gasteiger partial charge in [0.25, 0.3) is 0 Å². The number of hydrogen-bond acceptors (Lipinski definition) is 6. The standard InChI is InChI=1S/C27H28BrNO5/c1-5-34-27(31)24-15(2)29-20-12-18(16-9-10-22(32-3)23(14-16)33-4)13-21(30)26(20)25(24)17-7-6-8-19(28)11-17/h6-11,14,18,25,29H,5,12-13H2,1-4H3/t18-,25-/m1/s1. The van der Waals surface area contributed by atoms with Gasteiger partial charge in [-0.2, -0.15) is 0 Å².